The molecule has 0 saturated heterocycles. The number of thioether (sulfide) groups is 1. The number of carboxylic acid groups (broad SMARTS) is 1. The van der Waals surface area contributed by atoms with E-state index in [-0.39, 0.29) is 17.4 Å². The third-order valence-electron chi connectivity index (χ3n) is 7.51. The Bertz CT molecular complexity index is 1140. The maximum absolute atomic E-state index is 14.3. The maximum Gasteiger partial charge on any atom is 0.410 e. The van der Waals surface area contributed by atoms with Crippen molar-refractivity contribution in [2.75, 3.05) is 20.4 Å². The third kappa shape index (κ3) is 9.51. The van der Waals surface area contributed by atoms with Crippen LogP contribution in [-0.2, 0) is 24.5 Å². The minimum absolute atomic E-state index is 0.0925. The average Bonchev–Trinajstić information content (AvgIpc) is 2.88. The summed E-state index contributed by atoms with van der Waals surface area (Å²) < 4.78 is 4.88. The van der Waals surface area contributed by atoms with Gasteiger partial charge in [-0.1, -0.05) is 64.1 Å². The van der Waals surface area contributed by atoms with Gasteiger partial charge < -0.3 is 20.1 Å². The lowest BCUT2D eigenvalue weighted by molar-refractivity contribution is -0.139. The van der Waals surface area contributed by atoms with E-state index >= 15 is 0 Å². The molecule has 2 N–H and O–H groups in total. The summed E-state index contributed by atoms with van der Waals surface area (Å²) in [6.45, 7) is 18.1. The molecule has 0 saturated carbocycles. The second-order valence-corrected chi connectivity index (χ2v) is 14.6. The van der Waals surface area contributed by atoms with Crippen LogP contribution in [0, 0.1) is 5.92 Å². The molecule has 0 bridgehead atoms. The second kappa shape index (κ2) is 14.4. The van der Waals surface area contributed by atoms with Crippen molar-refractivity contribution in [3.63, 3.8) is 0 Å². The van der Waals surface area contributed by atoms with Crippen LogP contribution in [0.3, 0.4) is 0 Å². The molecule has 1 aromatic rings. The molecule has 3 amide bonds. The summed E-state index contributed by atoms with van der Waals surface area (Å²) in [5, 5.41) is 12.4. The highest BCUT2D eigenvalue weighted by Gasteiger charge is 2.46. The molecule has 1 rings (SSSR count). The summed E-state index contributed by atoms with van der Waals surface area (Å²) in [6, 6.07) is 6.86. The molecule has 9 nitrogen and oxygen atoms in total. The summed E-state index contributed by atoms with van der Waals surface area (Å²) >= 11 is 1.42. The smallest absolute Gasteiger partial charge is 0.410 e. The summed E-state index contributed by atoms with van der Waals surface area (Å²) in [6.07, 6.45) is 2.76. The van der Waals surface area contributed by atoms with Gasteiger partial charge in [0.2, 0.25) is 11.8 Å². The van der Waals surface area contributed by atoms with E-state index in [0.29, 0.717) is 0 Å². The van der Waals surface area contributed by atoms with E-state index in [1.807, 2.05) is 78.1 Å². The third-order valence-corrected chi connectivity index (χ3v) is 8.80. The number of carbonyl (C=O) groups is 4. The molecular weight excluding hydrogens is 554 g/mol. The van der Waals surface area contributed by atoms with Crippen molar-refractivity contribution in [2.45, 2.75) is 103 Å². The number of likely N-dealkylation sites (N-methyl/N-ethyl adjacent to an activating group) is 2. The van der Waals surface area contributed by atoms with Crippen LogP contribution in [0.25, 0.3) is 0 Å². The van der Waals surface area contributed by atoms with E-state index in [9.17, 15) is 24.3 Å². The molecule has 0 fully saturated rings. The predicted octanol–water partition coefficient (Wildman–Crippen LogP) is 5.34. The Hall–Kier alpha value is -3.01. The Labute approximate surface area is 256 Å². The molecule has 0 unspecified atom stereocenters. The highest BCUT2D eigenvalue weighted by Crippen LogP contribution is 2.33. The van der Waals surface area contributed by atoms with Crippen molar-refractivity contribution in [3.8, 4) is 0 Å². The SMILES string of the molecule is CSC(C)(C)[C@H](NC(=O)[C@@H](N(C)C(=O)OC(C)(C)C)C(C)(C)c1ccccc1)C(=O)N(C)[C@H](C=C(C)C(=O)O)C(C)C. The topological polar surface area (TPSA) is 116 Å². The Balaban J connectivity index is 3.66. The zero-order chi connectivity index (χ0) is 32.8. The van der Waals surface area contributed by atoms with E-state index in [1.54, 1.807) is 33.9 Å². The molecule has 10 heteroatoms. The number of benzene rings is 1. The van der Waals surface area contributed by atoms with Crippen molar-refractivity contribution in [1.29, 1.82) is 0 Å². The van der Waals surface area contributed by atoms with E-state index < -0.39 is 51.9 Å². The number of aliphatic carboxylic acids is 1. The van der Waals surface area contributed by atoms with Crippen LogP contribution < -0.4 is 5.32 Å². The van der Waals surface area contributed by atoms with E-state index in [2.05, 4.69) is 5.32 Å². The molecule has 0 radical (unpaired) electrons. The Morgan fingerprint density at radius 3 is 1.90 bits per heavy atom. The van der Waals surface area contributed by atoms with Crippen LogP contribution in [0.4, 0.5) is 4.79 Å². The van der Waals surface area contributed by atoms with Crippen LogP contribution in [0.5, 0.6) is 0 Å². The Morgan fingerprint density at radius 2 is 1.48 bits per heavy atom. The summed E-state index contributed by atoms with van der Waals surface area (Å²) in [5.74, 6) is -2.03. The zero-order valence-electron chi connectivity index (χ0n) is 27.6. The molecule has 0 heterocycles. The number of amides is 3. The van der Waals surface area contributed by atoms with Gasteiger partial charge in [-0.2, -0.15) is 11.8 Å². The fraction of sp³-hybridized carbons (Fsp3) is 0.625. The normalized spacial score (nSPS) is 15.0. The molecule has 0 aliphatic carbocycles. The Kier molecular flexibility index (Phi) is 12.7. The fourth-order valence-corrected chi connectivity index (χ4v) is 5.15. The van der Waals surface area contributed by atoms with Gasteiger partial charge in [-0.3, -0.25) is 14.5 Å². The number of hydrogen-bond donors (Lipinski definition) is 2. The van der Waals surface area contributed by atoms with Crippen LogP contribution >= 0.6 is 11.8 Å². The predicted molar refractivity (Wildman–Crippen MR) is 170 cm³/mol. The number of ether oxygens (including phenoxy) is 1. The van der Waals surface area contributed by atoms with Crippen molar-refractivity contribution in [2.24, 2.45) is 5.92 Å². The first-order chi connectivity index (χ1) is 19.1. The lowest BCUT2D eigenvalue weighted by Crippen LogP contribution is -2.64. The van der Waals surface area contributed by atoms with Crippen LogP contribution in [-0.4, -0.2) is 87.6 Å². The van der Waals surface area contributed by atoms with Crippen molar-refractivity contribution >= 4 is 35.6 Å². The number of carbonyl (C=O) groups excluding carboxylic acids is 3. The number of carboxylic acids is 1. The summed E-state index contributed by atoms with van der Waals surface area (Å²) in [4.78, 5) is 56.1. The van der Waals surface area contributed by atoms with Gasteiger partial charge in [0.05, 0.1) is 6.04 Å². The van der Waals surface area contributed by atoms with Gasteiger partial charge in [-0.25, -0.2) is 9.59 Å². The fourth-order valence-electron chi connectivity index (χ4n) is 4.75. The first kappa shape index (κ1) is 37.0. The van der Waals surface area contributed by atoms with Crippen molar-refractivity contribution in [3.05, 3.63) is 47.5 Å². The highest BCUT2D eigenvalue weighted by atomic mass is 32.2. The minimum Gasteiger partial charge on any atom is -0.478 e. The summed E-state index contributed by atoms with van der Waals surface area (Å²) in [7, 11) is 3.15. The van der Waals surface area contributed by atoms with Gasteiger partial charge in [-0.05, 0) is 59.3 Å². The molecule has 0 spiro atoms. The van der Waals surface area contributed by atoms with Gasteiger partial charge in [0.15, 0.2) is 0 Å². The van der Waals surface area contributed by atoms with Gasteiger partial charge in [0.25, 0.3) is 0 Å². The van der Waals surface area contributed by atoms with E-state index in [4.69, 9.17) is 4.74 Å². The molecular formula is C32H51N3O6S. The quantitative estimate of drug-likeness (QED) is 0.309. The highest BCUT2D eigenvalue weighted by molar-refractivity contribution is 8.00. The largest absolute Gasteiger partial charge is 0.478 e. The first-order valence-corrected chi connectivity index (χ1v) is 15.4. The molecule has 236 valence electrons. The molecule has 1 aromatic carbocycles. The first-order valence-electron chi connectivity index (χ1n) is 14.1. The van der Waals surface area contributed by atoms with Crippen molar-refractivity contribution in [1.82, 2.24) is 15.1 Å². The maximum atomic E-state index is 14.3. The monoisotopic (exact) mass is 605 g/mol. The minimum atomic E-state index is -1.06. The van der Waals surface area contributed by atoms with Crippen molar-refractivity contribution < 1.29 is 29.0 Å². The molecule has 0 aliphatic heterocycles. The number of rotatable bonds is 12. The molecule has 0 aliphatic rings. The van der Waals surface area contributed by atoms with Gasteiger partial charge >= 0.3 is 12.1 Å². The average molecular weight is 606 g/mol. The lowest BCUT2D eigenvalue weighted by atomic mass is 9.76. The Morgan fingerprint density at radius 1 is 0.952 bits per heavy atom. The number of hydrogen-bond acceptors (Lipinski definition) is 6. The van der Waals surface area contributed by atoms with Crippen LogP contribution in [0.1, 0.15) is 74.8 Å². The van der Waals surface area contributed by atoms with E-state index in [1.165, 1.54) is 35.5 Å². The van der Waals surface area contributed by atoms with Gasteiger partial charge in [0.1, 0.15) is 17.7 Å². The van der Waals surface area contributed by atoms with Gasteiger partial charge in [-0.15, -0.1) is 0 Å². The van der Waals surface area contributed by atoms with E-state index in [0.717, 1.165) is 5.56 Å². The lowest BCUT2D eigenvalue weighted by Gasteiger charge is -2.43. The molecule has 3 atom stereocenters. The van der Waals surface area contributed by atoms with Crippen LogP contribution in [0.15, 0.2) is 42.0 Å². The number of nitrogens with one attached hydrogen (secondary N) is 1. The second-order valence-electron chi connectivity index (χ2n) is 13.2. The summed E-state index contributed by atoms with van der Waals surface area (Å²) in [5.41, 5.74) is -0.693. The van der Waals surface area contributed by atoms with Gasteiger partial charge in [0, 0.05) is 29.8 Å². The molecule has 42 heavy (non-hydrogen) atoms. The standard InChI is InChI=1S/C32H51N3O6S/c1-20(2)23(19-21(3)28(38)39)34(11)27(37)24(32(9,10)42-13)33-26(36)25(35(12)29(40)41-30(4,5)6)31(7,8)22-17-15-14-16-18-22/h14-20,23-25H,1-13H3,(H,33,36)(H,38,39)/t23-,24-,25-/m1/s1. The molecule has 0 aromatic heterocycles. The number of nitrogens with zero attached hydrogens (tertiary/aromatic N) is 2. The zero-order valence-corrected chi connectivity index (χ0v) is 28.4. The van der Waals surface area contributed by atoms with Crippen LogP contribution in [0.2, 0.25) is 0 Å².